The number of benzene rings is 4. The van der Waals surface area contributed by atoms with Gasteiger partial charge in [0.05, 0.1) is 15.8 Å². The van der Waals surface area contributed by atoms with Crippen molar-refractivity contribution in [1.82, 2.24) is 5.32 Å². The van der Waals surface area contributed by atoms with Crippen LogP contribution in [-0.4, -0.2) is 34.0 Å². The third kappa shape index (κ3) is 9.32. The predicted molar refractivity (Wildman–Crippen MR) is 184 cm³/mol. The number of rotatable bonds is 12. The fourth-order valence-corrected chi connectivity index (χ4v) is 5.62. The van der Waals surface area contributed by atoms with Crippen molar-refractivity contribution >= 4 is 64.5 Å². The van der Waals surface area contributed by atoms with Crippen LogP contribution < -0.4 is 16.0 Å². The summed E-state index contributed by atoms with van der Waals surface area (Å²) < 4.78 is 0. The maximum Gasteiger partial charge on any atom is 0.337 e. The molecule has 1 atom stereocenters. The van der Waals surface area contributed by atoms with Gasteiger partial charge in [0.1, 0.15) is 5.70 Å². The maximum absolute atomic E-state index is 13.5. The second-order valence-corrected chi connectivity index (χ2v) is 12.4. The number of carboxylic acids is 1. The smallest absolute Gasteiger partial charge is 0.337 e. The molecule has 0 bridgehead atoms. The quantitative estimate of drug-likeness (QED) is 0.0903. The number of nitrogens with one attached hydrogen (secondary N) is 3. The van der Waals surface area contributed by atoms with Crippen molar-refractivity contribution in [3.63, 3.8) is 0 Å². The molecule has 0 aliphatic rings. The van der Waals surface area contributed by atoms with Gasteiger partial charge in [0.2, 0.25) is 5.91 Å². The van der Waals surface area contributed by atoms with E-state index < -0.39 is 23.0 Å². The van der Waals surface area contributed by atoms with Gasteiger partial charge < -0.3 is 21.1 Å². The topological polar surface area (TPSA) is 125 Å². The lowest BCUT2D eigenvalue weighted by Crippen LogP contribution is -2.30. The first kappa shape index (κ1) is 34.0. The van der Waals surface area contributed by atoms with Gasteiger partial charge in [0.15, 0.2) is 0 Å². The zero-order chi connectivity index (χ0) is 33.2. The lowest BCUT2D eigenvalue weighted by atomic mass is 10.0. The Morgan fingerprint density at radius 2 is 1.54 bits per heavy atom. The number of aromatic carboxylic acids is 1. The molecule has 1 unspecified atom stereocenters. The van der Waals surface area contributed by atoms with Crippen LogP contribution in [0.3, 0.4) is 0 Å². The molecule has 236 valence electrons. The summed E-state index contributed by atoms with van der Waals surface area (Å²) in [5, 5.41) is 17.3. The Kier molecular flexibility index (Phi) is 11.8. The maximum atomic E-state index is 13.5. The van der Waals surface area contributed by atoms with E-state index in [2.05, 4.69) is 29.8 Å². The molecule has 3 amide bonds. The predicted octanol–water partition coefficient (Wildman–Crippen LogP) is 8.08. The largest absolute Gasteiger partial charge is 0.478 e. The first-order valence-corrected chi connectivity index (χ1v) is 15.9. The fraction of sp³-hybridized carbons (Fsp3) is 0.167. The Bertz CT molecular complexity index is 1760. The van der Waals surface area contributed by atoms with Crippen LogP contribution in [0.1, 0.15) is 65.0 Å². The van der Waals surface area contributed by atoms with Gasteiger partial charge in [-0.25, -0.2) is 4.79 Å². The second-order valence-electron chi connectivity index (χ2n) is 10.7. The van der Waals surface area contributed by atoms with Crippen molar-refractivity contribution in [1.29, 1.82) is 0 Å². The first-order valence-electron chi connectivity index (χ1n) is 14.6. The van der Waals surface area contributed by atoms with Gasteiger partial charge in [-0.05, 0) is 78.1 Å². The summed E-state index contributed by atoms with van der Waals surface area (Å²) in [5.41, 5.74) is 3.08. The van der Waals surface area contributed by atoms with Gasteiger partial charge in [-0.3, -0.25) is 14.4 Å². The van der Waals surface area contributed by atoms with E-state index in [1.807, 2.05) is 37.3 Å². The van der Waals surface area contributed by atoms with Gasteiger partial charge in [0.25, 0.3) is 11.8 Å². The minimum absolute atomic E-state index is 0.0683. The van der Waals surface area contributed by atoms with Crippen molar-refractivity contribution in [2.45, 2.75) is 43.3 Å². The SMILES string of the molecule is CCC(Sc1cccc(NC(=O)/C(=C\c2ccc(C(C)C)cc2)NC(=O)c2ccccc2)c1)C(=O)Nc1ccc(Cl)c(C(=O)O)c1. The molecule has 4 aromatic carbocycles. The minimum Gasteiger partial charge on any atom is -0.478 e. The Labute approximate surface area is 277 Å². The number of thioether (sulfide) groups is 1. The molecule has 0 radical (unpaired) electrons. The summed E-state index contributed by atoms with van der Waals surface area (Å²) in [7, 11) is 0. The monoisotopic (exact) mass is 655 g/mol. The highest BCUT2D eigenvalue weighted by Gasteiger charge is 2.20. The third-order valence-electron chi connectivity index (χ3n) is 6.94. The van der Waals surface area contributed by atoms with E-state index in [4.69, 9.17) is 11.6 Å². The number of hydrogen-bond acceptors (Lipinski definition) is 5. The summed E-state index contributed by atoms with van der Waals surface area (Å²) in [6.45, 7) is 6.07. The van der Waals surface area contributed by atoms with Crippen LogP contribution in [0.25, 0.3) is 6.08 Å². The van der Waals surface area contributed by atoms with Crippen LogP contribution in [0, 0.1) is 0 Å². The summed E-state index contributed by atoms with van der Waals surface area (Å²) in [6, 6.07) is 27.8. The lowest BCUT2D eigenvalue weighted by Gasteiger charge is -2.16. The second kappa shape index (κ2) is 15.9. The van der Waals surface area contributed by atoms with E-state index in [0.29, 0.717) is 29.3 Å². The zero-order valence-electron chi connectivity index (χ0n) is 25.5. The fourth-order valence-electron chi connectivity index (χ4n) is 4.41. The van der Waals surface area contributed by atoms with Crippen LogP contribution in [-0.2, 0) is 9.59 Å². The number of halogens is 1. The molecule has 0 aliphatic heterocycles. The Hall–Kier alpha value is -4.86. The van der Waals surface area contributed by atoms with E-state index in [-0.39, 0.29) is 22.2 Å². The number of carboxylic acid groups (broad SMARTS) is 1. The molecular weight excluding hydrogens is 622 g/mol. The number of hydrogen-bond donors (Lipinski definition) is 4. The molecule has 0 spiro atoms. The van der Waals surface area contributed by atoms with Gasteiger partial charge >= 0.3 is 5.97 Å². The van der Waals surface area contributed by atoms with Crippen molar-refractivity contribution in [2.75, 3.05) is 10.6 Å². The zero-order valence-corrected chi connectivity index (χ0v) is 27.1. The number of amides is 3. The van der Waals surface area contributed by atoms with Crippen molar-refractivity contribution in [3.05, 3.63) is 130 Å². The van der Waals surface area contributed by atoms with Crippen LogP contribution in [0.15, 0.2) is 108 Å². The van der Waals surface area contributed by atoms with Crippen LogP contribution >= 0.6 is 23.4 Å². The highest BCUT2D eigenvalue weighted by atomic mass is 35.5. The average Bonchev–Trinajstić information content (AvgIpc) is 3.04. The van der Waals surface area contributed by atoms with Crippen LogP contribution in [0.5, 0.6) is 0 Å². The molecule has 4 N–H and O–H groups in total. The van der Waals surface area contributed by atoms with E-state index in [9.17, 15) is 24.3 Å². The normalized spacial score (nSPS) is 11.9. The standard InChI is InChI=1S/C36H34ClN3O5S/c1-4-32(35(43)39-27-17-18-30(37)29(21-27)36(44)45)46-28-12-8-11-26(20-28)38-34(42)31(40-33(41)25-9-6-5-7-10-25)19-23-13-15-24(16-14-23)22(2)3/h5-22,32H,4H2,1-3H3,(H,38,42)(H,39,43)(H,40,41)(H,44,45)/b31-19+. The number of carbonyl (C=O) groups is 4. The molecule has 46 heavy (non-hydrogen) atoms. The molecule has 4 rings (SSSR count). The van der Waals surface area contributed by atoms with E-state index in [1.54, 1.807) is 60.7 Å². The molecule has 10 heteroatoms. The Balaban J connectivity index is 1.51. The first-order chi connectivity index (χ1) is 22.0. The van der Waals surface area contributed by atoms with Crippen molar-refractivity contribution in [3.8, 4) is 0 Å². The van der Waals surface area contributed by atoms with Crippen molar-refractivity contribution in [2.24, 2.45) is 0 Å². The minimum atomic E-state index is -1.19. The third-order valence-corrected chi connectivity index (χ3v) is 8.63. The molecule has 0 saturated heterocycles. The molecule has 8 nitrogen and oxygen atoms in total. The Morgan fingerprint density at radius 3 is 2.20 bits per heavy atom. The molecule has 0 heterocycles. The lowest BCUT2D eigenvalue weighted by molar-refractivity contribution is -0.116. The molecule has 4 aromatic rings. The highest BCUT2D eigenvalue weighted by molar-refractivity contribution is 8.00. The van der Waals surface area contributed by atoms with Crippen LogP contribution in [0.2, 0.25) is 5.02 Å². The molecule has 0 aromatic heterocycles. The number of carbonyl (C=O) groups excluding carboxylic acids is 3. The van der Waals surface area contributed by atoms with Gasteiger partial charge in [-0.15, -0.1) is 11.8 Å². The summed E-state index contributed by atoms with van der Waals surface area (Å²) in [5.74, 6) is -2.08. The summed E-state index contributed by atoms with van der Waals surface area (Å²) in [4.78, 5) is 51.8. The molecular formula is C36H34ClN3O5S. The molecule has 0 saturated carbocycles. The summed E-state index contributed by atoms with van der Waals surface area (Å²) in [6.07, 6.45) is 2.11. The summed E-state index contributed by atoms with van der Waals surface area (Å²) >= 11 is 7.26. The van der Waals surface area contributed by atoms with E-state index in [0.717, 1.165) is 16.0 Å². The number of anilines is 2. The van der Waals surface area contributed by atoms with E-state index >= 15 is 0 Å². The Morgan fingerprint density at radius 1 is 0.848 bits per heavy atom. The highest BCUT2D eigenvalue weighted by Crippen LogP contribution is 2.29. The van der Waals surface area contributed by atoms with Crippen molar-refractivity contribution < 1.29 is 24.3 Å². The van der Waals surface area contributed by atoms with Gasteiger partial charge in [0, 0.05) is 21.8 Å². The van der Waals surface area contributed by atoms with Crippen LogP contribution in [0.4, 0.5) is 11.4 Å². The van der Waals surface area contributed by atoms with Gasteiger partial charge in [-0.2, -0.15) is 0 Å². The van der Waals surface area contributed by atoms with E-state index in [1.165, 1.54) is 23.9 Å². The average molecular weight is 656 g/mol. The molecule has 0 aliphatic carbocycles. The van der Waals surface area contributed by atoms with Gasteiger partial charge in [-0.1, -0.05) is 80.9 Å². The molecule has 0 fully saturated rings.